The molecule has 0 amide bonds. The molecule has 1 saturated heterocycles. The second-order valence-corrected chi connectivity index (χ2v) is 13.1. The van der Waals surface area contributed by atoms with E-state index in [0.29, 0.717) is 29.9 Å². The number of nitrogens with one attached hydrogen (secondary N) is 1. The number of rotatable bonds is 10. The molecular weight excluding hydrogens is 550 g/mol. The highest BCUT2D eigenvalue weighted by Crippen LogP contribution is 2.41. The van der Waals surface area contributed by atoms with Crippen LogP contribution in [0.25, 0.3) is 21.9 Å². The maximum Gasteiger partial charge on any atom is 0.313 e. The van der Waals surface area contributed by atoms with E-state index in [1.165, 1.54) is 25.5 Å². The monoisotopic (exact) mass is 587 g/mol. The number of hydrogen-bond acceptors (Lipinski definition) is 7. The van der Waals surface area contributed by atoms with Gasteiger partial charge < -0.3 is 19.5 Å². The Morgan fingerprint density at radius 2 is 1.62 bits per heavy atom. The highest BCUT2D eigenvalue weighted by atomic mass is 32.2. The molecule has 0 aromatic heterocycles. The van der Waals surface area contributed by atoms with E-state index in [0.717, 1.165) is 40.6 Å². The van der Waals surface area contributed by atoms with E-state index in [-0.39, 0.29) is 16.8 Å². The van der Waals surface area contributed by atoms with Crippen LogP contribution in [0.15, 0.2) is 83.8 Å². The molecule has 8 heteroatoms. The fourth-order valence-corrected chi connectivity index (χ4v) is 5.64. The Balaban J connectivity index is 1.42. The lowest BCUT2D eigenvalue weighted by Gasteiger charge is -2.23. The zero-order valence-electron chi connectivity index (χ0n) is 24.3. The zero-order valence-corrected chi connectivity index (χ0v) is 25.1. The molecule has 0 radical (unpaired) electrons. The summed E-state index contributed by atoms with van der Waals surface area (Å²) in [5.41, 5.74) is 1.61. The second-order valence-electron chi connectivity index (χ2n) is 11.1. The van der Waals surface area contributed by atoms with Gasteiger partial charge in [-0.15, -0.1) is 0 Å². The van der Waals surface area contributed by atoms with Crippen molar-refractivity contribution >= 4 is 26.6 Å². The van der Waals surface area contributed by atoms with E-state index in [1.807, 2.05) is 48.5 Å². The smallest absolute Gasteiger partial charge is 0.313 e. The number of piperidine rings is 1. The summed E-state index contributed by atoms with van der Waals surface area (Å²) in [6.45, 7) is 5.32. The zero-order chi connectivity index (χ0) is 29.7. The standard InChI is InChI=1S/C34H37NO6S/c1-23(2)34(36)41-29-14-18-32-25(22-29)9-17-31(24-7-15-30(16-8-24)42(3,37)38)33(32)40-28-12-10-27(11-13-28)39-21-19-26-6-4-5-20-35-26/h7-18,22-23,26,35H,4-6,19-21H2,1-3H3. The molecule has 1 aliphatic rings. The number of benzene rings is 4. The van der Waals surface area contributed by atoms with Crippen molar-refractivity contribution in [3.8, 4) is 34.1 Å². The van der Waals surface area contributed by atoms with Crippen LogP contribution in [-0.4, -0.2) is 39.8 Å². The van der Waals surface area contributed by atoms with Gasteiger partial charge in [-0.25, -0.2) is 8.42 Å². The molecule has 1 N–H and O–H groups in total. The number of hydrogen-bond donors (Lipinski definition) is 1. The van der Waals surface area contributed by atoms with Crippen molar-refractivity contribution < 1.29 is 27.4 Å². The molecule has 1 fully saturated rings. The van der Waals surface area contributed by atoms with Crippen molar-refractivity contribution in [3.05, 3.63) is 78.9 Å². The number of carbonyl (C=O) groups excluding carboxylic acids is 1. The quantitative estimate of drug-likeness (QED) is 0.155. The minimum Gasteiger partial charge on any atom is -0.494 e. The Morgan fingerprint density at radius 3 is 2.29 bits per heavy atom. The SMILES string of the molecule is CC(C)C(=O)Oc1ccc2c(Oc3ccc(OCCC4CCCCN4)cc3)c(-c3ccc(S(C)(=O)=O)cc3)ccc2c1. The molecule has 0 saturated carbocycles. The lowest BCUT2D eigenvalue weighted by Crippen LogP contribution is -2.35. The summed E-state index contributed by atoms with van der Waals surface area (Å²) >= 11 is 0. The highest BCUT2D eigenvalue weighted by Gasteiger charge is 2.17. The number of carbonyl (C=O) groups is 1. The van der Waals surface area contributed by atoms with Gasteiger partial charge in [-0.2, -0.15) is 0 Å². The van der Waals surface area contributed by atoms with Gasteiger partial charge in [-0.05, 0) is 97.4 Å². The Bertz CT molecular complexity index is 1640. The minimum absolute atomic E-state index is 0.243. The van der Waals surface area contributed by atoms with Gasteiger partial charge in [0.1, 0.15) is 23.0 Å². The van der Waals surface area contributed by atoms with Crippen LogP contribution in [0.3, 0.4) is 0 Å². The van der Waals surface area contributed by atoms with Crippen LogP contribution in [-0.2, 0) is 14.6 Å². The average molecular weight is 588 g/mol. The molecule has 5 rings (SSSR count). The van der Waals surface area contributed by atoms with E-state index in [2.05, 4.69) is 5.32 Å². The van der Waals surface area contributed by atoms with Gasteiger partial charge in [-0.1, -0.05) is 38.5 Å². The van der Waals surface area contributed by atoms with Crippen molar-refractivity contribution in [3.63, 3.8) is 0 Å². The first kappa shape index (κ1) is 29.6. The van der Waals surface area contributed by atoms with Gasteiger partial charge in [0.05, 0.1) is 17.4 Å². The minimum atomic E-state index is -3.32. The summed E-state index contributed by atoms with van der Waals surface area (Å²) in [4.78, 5) is 12.4. The molecule has 1 unspecified atom stereocenters. The molecule has 0 aliphatic carbocycles. The van der Waals surface area contributed by atoms with Gasteiger partial charge in [-0.3, -0.25) is 4.79 Å². The first-order valence-electron chi connectivity index (χ1n) is 14.4. The summed E-state index contributed by atoms with van der Waals surface area (Å²) in [5, 5.41) is 5.21. The summed E-state index contributed by atoms with van der Waals surface area (Å²) in [5.74, 6) is 1.94. The Labute approximate surface area is 247 Å². The van der Waals surface area contributed by atoms with E-state index in [9.17, 15) is 13.2 Å². The van der Waals surface area contributed by atoms with Crippen molar-refractivity contribution in [2.45, 2.75) is 50.5 Å². The number of sulfone groups is 1. The van der Waals surface area contributed by atoms with Crippen molar-refractivity contribution in [2.75, 3.05) is 19.4 Å². The topological polar surface area (TPSA) is 90.9 Å². The molecule has 4 aromatic rings. The Hall–Kier alpha value is -3.88. The van der Waals surface area contributed by atoms with Gasteiger partial charge in [0.2, 0.25) is 0 Å². The maximum absolute atomic E-state index is 12.2. The molecule has 220 valence electrons. The van der Waals surface area contributed by atoms with Crippen LogP contribution in [0.4, 0.5) is 0 Å². The first-order chi connectivity index (χ1) is 20.2. The molecule has 1 aliphatic heterocycles. The molecule has 1 atom stereocenters. The third kappa shape index (κ3) is 7.30. The molecular formula is C34H37NO6S. The van der Waals surface area contributed by atoms with Crippen molar-refractivity contribution in [1.82, 2.24) is 5.32 Å². The van der Waals surface area contributed by atoms with Crippen molar-refractivity contribution in [1.29, 1.82) is 0 Å². The highest BCUT2D eigenvalue weighted by molar-refractivity contribution is 7.90. The molecule has 42 heavy (non-hydrogen) atoms. The maximum atomic E-state index is 12.2. The predicted octanol–water partition coefficient (Wildman–Crippen LogP) is 7.18. The average Bonchev–Trinajstić information content (AvgIpc) is 2.98. The lowest BCUT2D eigenvalue weighted by atomic mass is 9.99. The van der Waals surface area contributed by atoms with Crippen LogP contribution in [0, 0.1) is 5.92 Å². The number of ether oxygens (including phenoxy) is 3. The number of esters is 1. The summed E-state index contributed by atoms with van der Waals surface area (Å²) < 4.78 is 42.0. The Kier molecular flexibility index (Phi) is 9.14. The van der Waals surface area contributed by atoms with Crippen molar-refractivity contribution in [2.24, 2.45) is 5.92 Å². The third-order valence-electron chi connectivity index (χ3n) is 7.42. The fraction of sp³-hybridized carbons (Fsp3) is 0.324. The van der Waals surface area contributed by atoms with E-state index >= 15 is 0 Å². The summed E-state index contributed by atoms with van der Waals surface area (Å²) in [6, 6.07) is 24.1. The summed E-state index contributed by atoms with van der Waals surface area (Å²) in [6.07, 6.45) is 5.88. The third-order valence-corrected chi connectivity index (χ3v) is 8.54. The van der Waals surface area contributed by atoms with E-state index in [4.69, 9.17) is 14.2 Å². The van der Waals surface area contributed by atoms with Gasteiger partial charge >= 0.3 is 5.97 Å². The van der Waals surface area contributed by atoms with Gasteiger partial charge in [0, 0.05) is 23.2 Å². The van der Waals surface area contributed by atoms with Crippen LogP contribution in [0.5, 0.6) is 23.0 Å². The first-order valence-corrected chi connectivity index (χ1v) is 16.3. The van der Waals surface area contributed by atoms with Crippen LogP contribution < -0.4 is 19.5 Å². The van der Waals surface area contributed by atoms with Gasteiger partial charge in [0.15, 0.2) is 9.84 Å². The summed E-state index contributed by atoms with van der Waals surface area (Å²) in [7, 11) is -3.32. The molecule has 7 nitrogen and oxygen atoms in total. The molecule has 4 aromatic carbocycles. The largest absolute Gasteiger partial charge is 0.494 e. The fourth-order valence-electron chi connectivity index (χ4n) is 5.01. The van der Waals surface area contributed by atoms with E-state index in [1.54, 1.807) is 44.2 Å². The van der Waals surface area contributed by atoms with Crippen LogP contribution in [0.1, 0.15) is 39.5 Å². The molecule has 0 spiro atoms. The second kappa shape index (κ2) is 13.0. The molecule has 1 heterocycles. The van der Waals surface area contributed by atoms with Gasteiger partial charge in [0.25, 0.3) is 0 Å². The molecule has 0 bridgehead atoms. The normalized spacial score (nSPS) is 15.5. The number of fused-ring (bicyclic) bond motifs is 1. The Morgan fingerprint density at radius 1 is 0.905 bits per heavy atom. The van der Waals surface area contributed by atoms with E-state index < -0.39 is 9.84 Å². The lowest BCUT2D eigenvalue weighted by molar-refractivity contribution is -0.137. The van der Waals surface area contributed by atoms with Crippen LogP contribution >= 0.6 is 0 Å². The predicted molar refractivity (Wildman–Crippen MR) is 165 cm³/mol. The van der Waals surface area contributed by atoms with Crippen LogP contribution in [0.2, 0.25) is 0 Å².